The number of piperazine rings is 1. The van der Waals surface area contributed by atoms with Crippen LogP contribution in [-0.2, 0) is 6.54 Å². The average Bonchev–Trinajstić information content (AvgIpc) is 3.18. The molecule has 0 atom stereocenters. The summed E-state index contributed by atoms with van der Waals surface area (Å²) in [4.78, 5) is 24.7. The van der Waals surface area contributed by atoms with Crippen molar-refractivity contribution in [2.24, 2.45) is 0 Å². The number of rotatable bonds is 3. The van der Waals surface area contributed by atoms with Gasteiger partial charge in [0.25, 0.3) is 5.91 Å². The third kappa shape index (κ3) is 3.47. The predicted molar refractivity (Wildman–Crippen MR) is 106 cm³/mol. The first kappa shape index (κ1) is 17.8. The van der Waals surface area contributed by atoms with Crippen LogP contribution >= 0.6 is 34.5 Å². The lowest BCUT2D eigenvalue weighted by atomic mass is 10.2. The van der Waals surface area contributed by atoms with Crippen LogP contribution in [0, 0.1) is 6.92 Å². The second-order valence-electron chi connectivity index (χ2n) is 6.43. The summed E-state index contributed by atoms with van der Waals surface area (Å²) in [5.41, 5.74) is 2.36. The lowest BCUT2D eigenvalue weighted by Crippen LogP contribution is -2.48. The van der Waals surface area contributed by atoms with Crippen LogP contribution in [0.25, 0.3) is 10.9 Å². The Morgan fingerprint density at radius 2 is 2.04 bits per heavy atom. The second kappa shape index (κ2) is 7.19. The molecular formula is C18H18Cl2N4OS. The van der Waals surface area contributed by atoms with E-state index in [0.717, 1.165) is 41.2 Å². The van der Waals surface area contributed by atoms with Crippen LogP contribution in [0.15, 0.2) is 23.6 Å². The molecule has 1 amide bonds. The smallest absolute Gasteiger partial charge is 0.271 e. The van der Waals surface area contributed by atoms with E-state index in [4.69, 9.17) is 23.2 Å². The van der Waals surface area contributed by atoms with Crippen molar-refractivity contribution in [1.29, 1.82) is 0 Å². The number of nitrogens with one attached hydrogen (secondary N) is 1. The third-order valence-corrected chi connectivity index (χ3v) is 6.07. The molecule has 1 fully saturated rings. The number of carbonyl (C=O) groups excluding carboxylic acids is 1. The maximum absolute atomic E-state index is 12.9. The minimum absolute atomic E-state index is 0.0634. The van der Waals surface area contributed by atoms with E-state index >= 15 is 0 Å². The van der Waals surface area contributed by atoms with Crippen LogP contribution < -0.4 is 0 Å². The number of aromatic amines is 1. The molecule has 0 spiro atoms. The molecule has 1 saturated heterocycles. The van der Waals surface area contributed by atoms with Gasteiger partial charge in [0.2, 0.25) is 0 Å². The molecular weight excluding hydrogens is 391 g/mol. The maximum Gasteiger partial charge on any atom is 0.271 e. The Balaban J connectivity index is 1.44. The van der Waals surface area contributed by atoms with Crippen molar-refractivity contribution in [3.8, 4) is 0 Å². The predicted octanol–water partition coefficient (Wildman–Crippen LogP) is 4.20. The zero-order valence-electron chi connectivity index (χ0n) is 14.3. The molecule has 3 heterocycles. The summed E-state index contributed by atoms with van der Waals surface area (Å²) >= 11 is 14.1. The van der Waals surface area contributed by atoms with Gasteiger partial charge in [-0.05, 0) is 25.1 Å². The number of aromatic nitrogens is 2. The van der Waals surface area contributed by atoms with Gasteiger partial charge in [-0.2, -0.15) is 0 Å². The van der Waals surface area contributed by atoms with E-state index in [1.54, 1.807) is 23.5 Å². The molecule has 8 heteroatoms. The van der Waals surface area contributed by atoms with Crippen molar-refractivity contribution in [3.63, 3.8) is 0 Å². The largest absolute Gasteiger partial charge is 0.349 e. The molecule has 4 rings (SSSR count). The Morgan fingerprint density at radius 3 is 2.73 bits per heavy atom. The molecule has 0 aliphatic carbocycles. The Hall–Kier alpha value is -1.60. The van der Waals surface area contributed by atoms with Crippen LogP contribution in [-0.4, -0.2) is 51.9 Å². The van der Waals surface area contributed by atoms with Gasteiger partial charge in [0, 0.05) is 54.0 Å². The number of aryl methyl sites for hydroxylation is 1. The molecule has 0 saturated carbocycles. The number of halogens is 2. The number of benzene rings is 1. The number of fused-ring (bicyclic) bond motifs is 1. The molecule has 1 aliphatic heterocycles. The number of hydrogen-bond donors (Lipinski definition) is 1. The maximum atomic E-state index is 12.9. The lowest BCUT2D eigenvalue weighted by Gasteiger charge is -2.34. The highest BCUT2D eigenvalue weighted by Crippen LogP contribution is 2.30. The van der Waals surface area contributed by atoms with E-state index in [1.807, 2.05) is 17.9 Å². The monoisotopic (exact) mass is 408 g/mol. The summed E-state index contributed by atoms with van der Waals surface area (Å²) in [7, 11) is 0. The molecule has 26 heavy (non-hydrogen) atoms. The van der Waals surface area contributed by atoms with E-state index in [0.29, 0.717) is 28.8 Å². The molecule has 0 unspecified atom stereocenters. The SMILES string of the molecule is Cc1nc(CN2CCN(C(=O)c3[nH]c4ccc(Cl)cc4c3Cl)CC2)cs1. The zero-order valence-corrected chi connectivity index (χ0v) is 16.6. The molecule has 0 radical (unpaired) electrons. The van der Waals surface area contributed by atoms with Gasteiger partial charge in [-0.1, -0.05) is 23.2 Å². The van der Waals surface area contributed by atoms with E-state index in [-0.39, 0.29) is 5.91 Å². The Bertz CT molecular complexity index is 959. The number of nitrogens with zero attached hydrogens (tertiary/aromatic N) is 3. The number of amides is 1. The van der Waals surface area contributed by atoms with E-state index in [1.165, 1.54) is 0 Å². The summed E-state index contributed by atoms with van der Waals surface area (Å²) in [6.45, 7) is 5.85. The van der Waals surface area contributed by atoms with Crippen LogP contribution in [0.2, 0.25) is 10.0 Å². The Labute approximate surface area is 165 Å². The topological polar surface area (TPSA) is 52.2 Å². The first-order valence-electron chi connectivity index (χ1n) is 8.40. The quantitative estimate of drug-likeness (QED) is 0.706. The van der Waals surface area contributed by atoms with Gasteiger partial charge in [0.05, 0.1) is 15.7 Å². The van der Waals surface area contributed by atoms with Crippen LogP contribution in [0.3, 0.4) is 0 Å². The highest BCUT2D eigenvalue weighted by molar-refractivity contribution is 7.09. The number of hydrogen-bond acceptors (Lipinski definition) is 4. The average molecular weight is 409 g/mol. The van der Waals surface area contributed by atoms with Crippen LogP contribution in [0.4, 0.5) is 0 Å². The summed E-state index contributed by atoms with van der Waals surface area (Å²) in [5, 5.41) is 5.00. The van der Waals surface area contributed by atoms with Gasteiger partial charge in [0.1, 0.15) is 5.69 Å². The summed E-state index contributed by atoms with van der Waals surface area (Å²) in [5.74, 6) is -0.0634. The van der Waals surface area contributed by atoms with Gasteiger partial charge in [0.15, 0.2) is 0 Å². The van der Waals surface area contributed by atoms with Crippen LogP contribution in [0.5, 0.6) is 0 Å². The minimum atomic E-state index is -0.0634. The van der Waals surface area contributed by atoms with E-state index < -0.39 is 0 Å². The third-order valence-electron chi connectivity index (χ3n) is 4.62. The van der Waals surface area contributed by atoms with Crippen molar-refractivity contribution in [3.05, 3.63) is 50.0 Å². The van der Waals surface area contributed by atoms with Crippen molar-refractivity contribution >= 4 is 51.3 Å². The second-order valence-corrected chi connectivity index (χ2v) is 8.31. The summed E-state index contributed by atoms with van der Waals surface area (Å²) in [6.07, 6.45) is 0. The zero-order chi connectivity index (χ0) is 18.3. The van der Waals surface area contributed by atoms with Gasteiger partial charge >= 0.3 is 0 Å². The number of carbonyl (C=O) groups is 1. The molecule has 2 aromatic heterocycles. The summed E-state index contributed by atoms with van der Waals surface area (Å²) in [6, 6.07) is 5.40. The molecule has 136 valence electrons. The fraction of sp³-hybridized carbons (Fsp3) is 0.333. The van der Waals surface area contributed by atoms with E-state index in [9.17, 15) is 4.79 Å². The molecule has 0 bridgehead atoms. The lowest BCUT2D eigenvalue weighted by molar-refractivity contribution is 0.0622. The molecule has 1 aliphatic rings. The molecule has 1 N–H and O–H groups in total. The van der Waals surface area contributed by atoms with Gasteiger partial charge < -0.3 is 9.88 Å². The molecule has 1 aromatic carbocycles. The van der Waals surface area contributed by atoms with Crippen molar-refractivity contribution in [2.75, 3.05) is 26.2 Å². The van der Waals surface area contributed by atoms with Gasteiger partial charge in [-0.15, -0.1) is 11.3 Å². The minimum Gasteiger partial charge on any atom is -0.349 e. The first-order valence-corrected chi connectivity index (χ1v) is 10.0. The van der Waals surface area contributed by atoms with Gasteiger partial charge in [-0.3, -0.25) is 9.69 Å². The summed E-state index contributed by atoms with van der Waals surface area (Å²) < 4.78 is 0. The molecule has 3 aromatic rings. The van der Waals surface area contributed by atoms with Gasteiger partial charge in [-0.25, -0.2) is 4.98 Å². The highest BCUT2D eigenvalue weighted by Gasteiger charge is 2.26. The number of thiazole rings is 1. The Kier molecular flexibility index (Phi) is 4.92. The number of H-pyrrole nitrogens is 1. The first-order chi connectivity index (χ1) is 12.5. The van der Waals surface area contributed by atoms with Crippen LogP contribution in [0.1, 0.15) is 21.2 Å². The normalized spacial score (nSPS) is 15.7. The van der Waals surface area contributed by atoms with Crippen molar-refractivity contribution in [1.82, 2.24) is 19.8 Å². The highest BCUT2D eigenvalue weighted by atomic mass is 35.5. The standard InChI is InChI=1S/C18H18Cl2N4OS/c1-11-21-13(10-26-11)9-23-4-6-24(7-5-23)18(25)17-16(20)14-8-12(19)2-3-15(14)22-17/h2-3,8,10,22H,4-7,9H2,1H3. The van der Waals surface area contributed by atoms with Crippen molar-refractivity contribution in [2.45, 2.75) is 13.5 Å². The fourth-order valence-corrected chi connectivity index (χ4v) is 4.32. The Morgan fingerprint density at radius 1 is 1.27 bits per heavy atom. The van der Waals surface area contributed by atoms with E-state index in [2.05, 4.69) is 20.2 Å². The van der Waals surface area contributed by atoms with Crippen molar-refractivity contribution < 1.29 is 4.79 Å². The fourth-order valence-electron chi connectivity index (χ4n) is 3.26. The molecule has 5 nitrogen and oxygen atoms in total.